The van der Waals surface area contributed by atoms with Crippen LogP contribution in [0.25, 0.3) is 0 Å². The third kappa shape index (κ3) is 3.26. The number of aromatic nitrogens is 2. The van der Waals surface area contributed by atoms with Crippen molar-refractivity contribution in [3.8, 4) is 0 Å². The second-order valence-electron chi connectivity index (χ2n) is 5.17. The highest BCUT2D eigenvalue weighted by molar-refractivity contribution is 9.10. The van der Waals surface area contributed by atoms with Crippen molar-refractivity contribution in [2.45, 2.75) is 25.9 Å². The average Bonchev–Trinajstić information content (AvgIpc) is 2.60. The van der Waals surface area contributed by atoms with Crippen LogP contribution in [0, 0.1) is 12.7 Å². The van der Waals surface area contributed by atoms with E-state index in [-0.39, 0.29) is 22.0 Å². The lowest BCUT2D eigenvalue weighted by molar-refractivity contribution is 0.0552. The van der Waals surface area contributed by atoms with Crippen LogP contribution in [-0.4, -0.2) is 14.9 Å². The molecule has 1 N–H and O–H groups in total. The first kappa shape index (κ1) is 16.7. The van der Waals surface area contributed by atoms with Crippen LogP contribution in [0.3, 0.4) is 0 Å². The van der Waals surface area contributed by atoms with E-state index in [1.165, 1.54) is 12.1 Å². The Morgan fingerprint density at radius 3 is 2.52 bits per heavy atom. The van der Waals surface area contributed by atoms with Crippen molar-refractivity contribution >= 4 is 39.1 Å². The predicted molar refractivity (Wildman–Crippen MR) is 85.3 cm³/mol. The van der Waals surface area contributed by atoms with Crippen molar-refractivity contribution in [1.82, 2.24) is 9.78 Å². The van der Waals surface area contributed by atoms with Crippen molar-refractivity contribution in [3.05, 3.63) is 49.4 Å². The van der Waals surface area contributed by atoms with Crippen LogP contribution in [0.5, 0.6) is 0 Å². The van der Waals surface area contributed by atoms with Gasteiger partial charge in [0, 0.05) is 24.1 Å². The van der Waals surface area contributed by atoms with Crippen LogP contribution in [0.1, 0.15) is 23.9 Å². The minimum Gasteiger partial charge on any atom is -0.385 e. The maximum Gasteiger partial charge on any atom is 0.142 e. The molecule has 0 aliphatic heterocycles. The van der Waals surface area contributed by atoms with Gasteiger partial charge < -0.3 is 5.11 Å². The summed E-state index contributed by atoms with van der Waals surface area (Å²) in [7, 11) is 1.78. The van der Waals surface area contributed by atoms with Gasteiger partial charge in [-0.05, 0) is 41.9 Å². The Kier molecular flexibility index (Phi) is 4.69. The molecule has 0 saturated heterocycles. The van der Waals surface area contributed by atoms with Crippen LogP contribution >= 0.6 is 39.1 Å². The quantitative estimate of drug-likeness (QED) is 0.782. The first-order valence-electron chi connectivity index (χ1n) is 6.19. The van der Waals surface area contributed by atoms with Crippen LogP contribution in [0.15, 0.2) is 16.6 Å². The van der Waals surface area contributed by atoms with E-state index in [0.29, 0.717) is 0 Å². The Bertz CT molecular complexity index is 701. The fourth-order valence-corrected chi connectivity index (χ4v) is 3.29. The molecule has 1 heterocycles. The van der Waals surface area contributed by atoms with Gasteiger partial charge in [-0.1, -0.05) is 23.2 Å². The Morgan fingerprint density at radius 2 is 2.00 bits per heavy atom. The Balaban J connectivity index is 2.45. The fraction of sp³-hybridized carbons (Fsp3) is 0.357. The van der Waals surface area contributed by atoms with Gasteiger partial charge in [0.25, 0.3) is 0 Å². The van der Waals surface area contributed by atoms with E-state index in [9.17, 15) is 9.50 Å². The first-order chi connectivity index (χ1) is 9.63. The molecule has 2 aromatic rings. The monoisotopic (exact) mass is 394 g/mol. The van der Waals surface area contributed by atoms with Crippen LogP contribution in [0.2, 0.25) is 10.0 Å². The Hall–Kier alpha value is -0.620. The lowest BCUT2D eigenvalue weighted by Crippen LogP contribution is -2.26. The zero-order chi connectivity index (χ0) is 15.9. The molecule has 3 nitrogen and oxygen atoms in total. The summed E-state index contributed by atoms with van der Waals surface area (Å²) < 4.78 is 16.2. The van der Waals surface area contributed by atoms with E-state index in [1.54, 1.807) is 18.7 Å². The third-order valence-electron chi connectivity index (χ3n) is 3.36. The molecule has 1 aromatic carbocycles. The summed E-state index contributed by atoms with van der Waals surface area (Å²) in [5.41, 5.74) is 0.545. The van der Waals surface area contributed by atoms with E-state index in [1.807, 2.05) is 6.92 Å². The SMILES string of the molecule is Cc1nn(C)c(CC(C)(O)c2cc(F)c(Cl)cc2Cl)c1Br. The molecule has 0 aliphatic rings. The van der Waals surface area contributed by atoms with Gasteiger partial charge in [0.2, 0.25) is 0 Å². The van der Waals surface area contributed by atoms with Crippen molar-refractivity contribution < 1.29 is 9.50 Å². The van der Waals surface area contributed by atoms with E-state index < -0.39 is 11.4 Å². The summed E-state index contributed by atoms with van der Waals surface area (Å²) >= 11 is 15.2. The molecule has 0 saturated carbocycles. The van der Waals surface area contributed by atoms with Gasteiger partial charge in [0.15, 0.2) is 0 Å². The number of hydrogen-bond donors (Lipinski definition) is 1. The average molecular weight is 396 g/mol. The Morgan fingerprint density at radius 1 is 1.38 bits per heavy atom. The maximum atomic E-state index is 13.7. The highest BCUT2D eigenvalue weighted by Gasteiger charge is 2.30. The first-order valence-corrected chi connectivity index (χ1v) is 7.73. The highest BCUT2D eigenvalue weighted by Crippen LogP contribution is 2.35. The molecule has 0 amide bonds. The number of aliphatic hydroxyl groups is 1. The fourth-order valence-electron chi connectivity index (χ4n) is 2.23. The number of nitrogens with zero attached hydrogens (tertiary/aromatic N) is 2. The standard InChI is InChI=1S/C14H14BrCl2FN2O/c1-7-13(15)12(20(3)19-7)6-14(2,21)8-4-11(18)10(17)5-9(8)16/h4-5,21H,6H2,1-3H3. The summed E-state index contributed by atoms with van der Waals surface area (Å²) in [6, 6.07) is 2.47. The van der Waals surface area contributed by atoms with E-state index >= 15 is 0 Å². The molecule has 0 radical (unpaired) electrons. The van der Waals surface area contributed by atoms with Gasteiger partial charge in [-0.2, -0.15) is 5.10 Å². The largest absolute Gasteiger partial charge is 0.385 e. The summed E-state index contributed by atoms with van der Waals surface area (Å²) in [6.45, 7) is 3.44. The normalized spacial score (nSPS) is 14.3. The molecule has 1 unspecified atom stereocenters. The molecular formula is C14H14BrCl2FN2O. The molecule has 7 heteroatoms. The molecular weight excluding hydrogens is 382 g/mol. The summed E-state index contributed by atoms with van der Waals surface area (Å²) in [5.74, 6) is -0.614. The van der Waals surface area contributed by atoms with Gasteiger partial charge in [0.1, 0.15) is 5.82 Å². The molecule has 0 spiro atoms. The second-order valence-corrected chi connectivity index (χ2v) is 6.77. The zero-order valence-electron chi connectivity index (χ0n) is 11.7. The van der Waals surface area contributed by atoms with Gasteiger partial charge in [-0.3, -0.25) is 4.68 Å². The minimum atomic E-state index is -1.36. The molecule has 2 rings (SSSR count). The van der Waals surface area contributed by atoms with Crippen molar-refractivity contribution in [1.29, 1.82) is 0 Å². The van der Waals surface area contributed by atoms with Gasteiger partial charge in [-0.25, -0.2) is 4.39 Å². The summed E-state index contributed by atoms with van der Waals surface area (Å²) in [6.07, 6.45) is 0.228. The van der Waals surface area contributed by atoms with Gasteiger partial charge in [-0.15, -0.1) is 0 Å². The molecule has 21 heavy (non-hydrogen) atoms. The molecule has 0 aliphatic carbocycles. The van der Waals surface area contributed by atoms with Crippen molar-refractivity contribution in [2.75, 3.05) is 0 Å². The third-order valence-corrected chi connectivity index (χ3v) is 5.00. The van der Waals surface area contributed by atoms with Crippen LogP contribution < -0.4 is 0 Å². The summed E-state index contributed by atoms with van der Waals surface area (Å²) in [4.78, 5) is 0. The van der Waals surface area contributed by atoms with Crippen LogP contribution in [0.4, 0.5) is 4.39 Å². The molecule has 114 valence electrons. The summed E-state index contributed by atoms with van der Waals surface area (Å²) in [5, 5.41) is 15.2. The van der Waals surface area contributed by atoms with Gasteiger partial charge in [0.05, 0.1) is 26.5 Å². The predicted octanol–water partition coefficient (Wildman–Crippen LogP) is 4.39. The topological polar surface area (TPSA) is 38.0 Å². The van der Waals surface area contributed by atoms with Crippen molar-refractivity contribution in [3.63, 3.8) is 0 Å². The number of aryl methyl sites for hydroxylation is 2. The number of benzene rings is 1. The van der Waals surface area contributed by atoms with Crippen LogP contribution in [-0.2, 0) is 19.1 Å². The molecule has 1 aromatic heterocycles. The Labute approximate surface area is 140 Å². The smallest absolute Gasteiger partial charge is 0.142 e. The molecule has 1 atom stereocenters. The van der Waals surface area contributed by atoms with E-state index in [0.717, 1.165) is 15.9 Å². The number of halogens is 4. The van der Waals surface area contributed by atoms with E-state index in [2.05, 4.69) is 21.0 Å². The molecule has 0 bridgehead atoms. The highest BCUT2D eigenvalue weighted by atomic mass is 79.9. The zero-order valence-corrected chi connectivity index (χ0v) is 14.8. The van der Waals surface area contributed by atoms with E-state index in [4.69, 9.17) is 23.2 Å². The molecule has 0 fully saturated rings. The minimum absolute atomic E-state index is 0.0721. The van der Waals surface area contributed by atoms with Gasteiger partial charge >= 0.3 is 0 Å². The number of rotatable bonds is 3. The second kappa shape index (κ2) is 5.88. The number of hydrogen-bond acceptors (Lipinski definition) is 2. The maximum absolute atomic E-state index is 13.7. The lowest BCUT2D eigenvalue weighted by Gasteiger charge is -2.25. The van der Waals surface area contributed by atoms with Crippen molar-refractivity contribution in [2.24, 2.45) is 7.05 Å². The lowest BCUT2D eigenvalue weighted by atomic mass is 9.90.